The molecule has 1 aromatic heterocycles. The van der Waals surface area contributed by atoms with Crippen molar-refractivity contribution in [2.75, 3.05) is 0 Å². The largest absolute Gasteiger partial charge is 0.339 e. The van der Waals surface area contributed by atoms with Gasteiger partial charge in [0.2, 0.25) is 11.7 Å². The number of hydrogen-bond donors (Lipinski definition) is 0. The van der Waals surface area contributed by atoms with E-state index in [1.165, 1.54) is 0 Å². The second-order valence-corrected chi connectivity index (χ2v) is 4.67. The standard InChI is InChI=1S/C12H9BrF2N2O2/c13-8-4-2-1-3-7(8)5-10-16-11(19-17-10)6-9(18)12(14)15/h1-4,12H,5-6H2. The Morgan fingerprint density at radius 2 is 2.11 bits per heavy atom. The highest BCUT2D eigenvalue weighted by molar-refractivity contribution is 9.10. The van der Waals surface area contributed by atoms with Crippen molar-refractivity contribution in [1.82, 2.24) is 10.1 Å². The van der Waals surface area contributed by atoms with Gasteiger partial charge in [-0.3, -0.25) is 4.79 Å². The Kier molecular flexibility index (Phi) is 4.36. The molecule has 19 heavy (non-hydrogen) atoms. The predicted octanol–water partition coefficient (Wildman–Crippen LogP) is 2.80. The summed E-state index contributed by atoms with van der Waals surface area (Å²) < 4.78 is 29.8. The molecule has 2 rings (SSSR count). The van der Waals surface area contributed by atoms with Crippen LogP contribution in [0, 0.1) is 0 Å². The number of nitrogens with zero attached hydrogens (tertiary/aromatic N) is 2. The third kappa shape index (κ3) is 3.66. The molecule has 0 radical (unpaired) electrons. The molecule has 0 saturated heterocycles. The lowest BCUT2D eigenvalue weighted by molar-refractivity contribution is -0.129. The maximum Gasteiger partial charge on any atom is 0.296 e. The minimum absolute atomic E-state index is 0.0904. The summed E-state index contributed by atoms with van der Waals surface area (Å²) in [4.78, 5) is 14.8. The van der Waals surface area contributed by atoms with Crippen molar-refractivity contribution >= 4 is 21.7 Å². The number of benzene rings is 1. The van der Waals surface area contributed by atoms with Gasteiger partial charge in [0, 0.05) is 10.9 Å². The van der Waals surface area contributed by atoms with Gasteiger partial charge in [-0.15, -0.1) is 0 Å². The zero-order valence-electron chi connectivity index (χ0n) is 9.65. The normalized spacial score (nSPS) is 10.9. The van der Waals surface area contributed by atoms with Crippen LogP contribution in [0.1, 0.15) is 17.3 Å². The van der Waals surface area contributed by atoms with Crippen molar-refractivity contribution in [2.45, 2.75) is 19.3 Å². The number of carbonyl (C=O) groups is 1. The average Bonchev–Trinajstić information content (AvgIpc) is 2.79. The van der Waals surface area contributed by atoms with Gasteiger partial charge in [0.05, 0.1) is 6.42 Å². The molecule has 0 spiro atoms. The van der Waals surface area contributed by atoms with Crippen LogP contribution in [0.15, 0.2) is 33.3 Å². The zero-order valence-corrected chi connectivity index (χ0v) is 11.2. The summed E-state index contributed by atoms with van der Waals surface area (Å²) in [6.45, 7) is 0. The van der Waals surface area contributed by atoms with Crippen LogP contribution in [0.3, 0.4) is 0 Å². The van der Waals surface area contributed by atoms with Gasteiger partial charge in [0.1, 0.15) is 0 Å². The lowest BCUT2D eigenvalue weighted by Crippen LogP contribution is -2.13. The number of carbonyl (C=O) groups excluding carboxylic acids is 1. The summed E-state index contributed by atoms with van der Waals surface area (Å²) in [5, 5.41) is 3.66. The van der Waals surface area contributed by atoms with Gasteiger partial charge < -0.3 is 4.52 Å². The molecule has 0 saturated carbocycles. The molecule has 0 N–H and O–H groups in total. The highest BCUT2D eigenvalue weighted by Crippen LogP contribution is 2.18. The maximum absolute atomic E-state index is 12.1. The molecule has 0 aliphatic rings. The summed E-state index contributed by atoms with van der Waals surface area (Å²) in [5.74, 6) is -0.965. The van der Waals surface area contributed by atoms with Gasteiger partial charge in [0.15, 0.2) is 5.82 Å². The first-order chi connectivity index (χ1) is 9.06. The molecule has 1 aromatic carbocycles. The zero-order chi connectivity index (χ0) is 13.8. The minimum atomic E-state index is -3.02. The molecule has 100 valence electrons. The van der Waals surface area contributed by atoms with Crippen molar-refractivity contribution in [3.05, 3.63) is 46.0 Å². The Morgan fingerprint density at radius 3 is 2.79 bits per heavy atom. The van der Waals surface area contributed by atoms with E-state index in [1.54, 1.807) is 0 Å². The lowest BCUT2D eigenvalue weighted by atomic mass is 10.1. The van der Waals surface area contributed by atoms with Crippen molar-refractivity contribution in [3.8, 4) is 0 Å². The summed E-state index contributed by atoms with van der Waals surface area (Å²) in [6, 6.07) is 7.49. The van der Waals surface area contributed by atoms with Gasteiger partial charge in [0.25, 0.3) is 6.43 Å². The van der Waals surface area contributed by atoms with Crippen LogP contribution < -0.4 is 0 Å². The molecule has 0 amide bonds. The van der Waals surface area contributed by atoms with Crippen LogP contribution in [-0.2, 0) is 17.6 Å². The fourth-order valence-corrected chi connectivity index (χ4v) is 1.90. The summed E-state index contributed by atoms with van der Waals surface area (Å²) in [5.41, 5.74) is 0.940. The molecular weight excluding hydrogens is 322 g/mol. The van der Waals surface area contributed by atoms with E-state index < -0.39 is 18.6 Å². The van der Waals surface area contributed by atoms with Crippen LogP contribution in [0.4, 0.5) is 8.78 Å². The molecule has 0 unspecified atom stereocenters. The fourth-order valence-electron chi connectivity index (χ4n) is 1.47. The van der Waals surface area contributed by atoms with Gasteiger partial charge >= 0.3 is 0 Å². The SMILES string of the molecule is O=C(Cc1nc(Cc2ccccc2Br)no1)C(F)F. The van der Waals surface area contributed by atoms with Crippen LogP contribution in [0.25, 0.3) is 0 Å². The first kappa shape index (κ1) is 13.8. The van der Waals surface area contributed by atoms with E-state index in [0.717, 1.165) is 10.0 Å². The van der Waals surface area contributed by atoms with E-state index in [0.29, 0.717) is 12.2 Å². The second-order valence-electron chi connectivity index (χ2n) is 3.82. The summed E-state index contributed by atoms with van der Waals surface area (Å²) in [6.07, 6.45) is -3.16. The minimum Gasteiger partial charge on any atom is -0.339 e. The molecule has 7 heteroatoms. The Morgan fingerprint density at radius 1 is 1.37 bits per heavy atom. The molecule has 0 atom stereocenters. The Labute approximate surface area is 115 Å². The molecular formula is C12H9BrF2N2O2. The number of Topliss-reactive ketones (excluding diaryl/α,β-unsaturated/α-hetero) is 1. The molecule has 4 nitrogen and oxygen atoms in total. The van der Waals surface area contributed by atoms with E-state index in [2.05, 4.69) is 26.1 Å². The number of alkyl halides is 2. The average molecular weight is 331 g/mol. The van der Waals surface area contributed by atoms with E-state index in [9.17, 15) is 13.6 Å². The summed E-state index contributed by atoms with van der Waals surface area (Å²) >= 11 is 3.38. The van der Waals surface area contributed by atoms with Crippen LogP contribution in [0.5, 0.6) is 0 Å². The van der Waals surface area contributed by atoms with Crippen molar-refractivity contribution in [3.63, 3.8) is 0 Å². The highest BCUT2D eigenvalue weighted by Gasteiger charge is 2.19. The second kappa shape index (κ2) is 6.01. The van der Waals surface area contributed by atoms with E-state index in [-0.39, 0.29) is 5.89 Å². The number of ketones is 1. The number of aromatic nitrogens is 2. The first-order valence-electron chi connectivity index (χ1n) is 5.42. The number of hydrogen-bond acceptors (Lipinski definition) is 4. The molecule has 0 bridgehead atoms. The predicted molar refractivity (Wildman–Crippen MR) is 66.0 cm³/mol. The molecule has 0 aliphatic carbocycles. The van der Waals surface area contributed by atoms with Gasteiger partial charge in [-0.2, -0.15) is 4.98 Å². The molecule has 1 heterocycles. The maximum atomic E-state index is 12.1. The Balaban J connectivity index is 2.06. The van der Waals surface area contributed by atoms with E-state index in [4.69, 9.17) is 4.52 Å². The Bertz CT molecular complexity index is 587. The third-order valence-corrected chi connectivity index (χ3v) is 3.16. The third-order valence-electron chi connectivity index (χ3n) is 2.39. The first-order valence-corrected chi connectivity index (χ1v) is 6.21. The van der Waals surface area contributed by atoms with Crippen molar-refractivity contribution in [2.24, 2.45) is 0 Å². The molecule has 0 aliphatic heterocycles. The lowest BCUT2D eigenvalue weighted by Gasteiger charge is -1.99. The van der Waals surface area contributed by atoms with E-state index >= 15 is 0 Å². The highest BCUT2D eigenvalue weighted by atomic mass is 79.9. The van der Waals surface area contributed by atoms with Gasteiger partial charge in [-0.1, -0.05) is 39.3 Å². The van der Waals surface area contributed by atoms with Gasteiger partial charge in [-0.05, 0) is 11.6 Å². The topological polar surface area (TPSA) is 56.0 Å². The monoisotopic (exact) mass is 330 g/mol. The van der Waals surface area contributed by atoms with Crippen LogP contribution in [0.2, 0.25) is 0 Å². The van der Waals surface area contributed by atoms with Crippen molar-refractivity contribution in [1.29, 1.82) is 0 Å². The van der Waals surface area contributed by atoms with Crippen molar-refractivity contribution < 1.29 is 18.1 Å². The number of rotatable bonds is 5. The quantitative estimate of drug-likeness (QED) is 0.845. The van der Waals surface area contributed by atoms with Gasteiger partial charge in [-0.25, -0.2) is 8.78 Å². The van der Waals surface area contributed by atoms with Crippen LogP contribution in [-0.4, -0.2) is 22.3 Å². The summed E-state index contributed by atoms with van der Waals surface area (Å²) in [7, 11) is 0. The number of halogens is 3. The van der Waals surface area contributed by atoms with Crippen LogP contribution >= 0.6 is 15.9 Å². The molecule has 2 aromatic rings. The fraction of sp³-hybridized carbons (Fsp3) is 0.250. The molecule has 0 fully saturated rings. The Hall–Kier alpha value is -1.63. The smallest absolute Gasteiger partial charge is 0.296 e. The van der Waals surface area contributed by atoms with E-state index in [1.807, 2.05) is 24.3 Å².